The molecule has 8 heteroatoms. The molecule has 1 N–H and O–H groups in total. The zero-order chi connectivity index (χ0) is 16.7. The van der Waals surface area contributed by atoms with Gasteiger partial charge in [0.05, 0.1) is 10.4 Å². The Labute approximate surface area is 162 Å². The van der Waals surface area contributed by atoms with Crippen molar-refractivity contribution in [1.29, 1.82) is 0 Å². The van der Waals surface area contributed by atoms with E-state index in [1.54, 1.807) is 28.7 Å². The molecule has 0 aliphatic rings. The first-order valence-electron chi connectivity index (χ1n) is 6.79. The number of thiophene rings is 3. The Morgan fingerprint density at radius 2 is 2.17 bits per heavy atom. The molecule has 0 amide bonds. The number of aromatic amines is 1. The Hall–Kier alpha value is -1.25. The first-order valence-corrected chi connectivity index (χ1v) is 10.6. The van der Waals surface area contributed by atoms with Crippen LogP contribution in [0.15, 0.2) is 43.6 Å². The normalized spacial score (nSPS) is 12.2. The fourth-order valence-electron chi connectivity index (χ4n) is 2.27. The third-order valence-electron chi connectivity index (χ3n) is 3.31. The Bertz CT molecular complexity index is 1110. The minimum atomic E-state index is -0.168. The molecule has 120 valence electrons. The molecule has 4 aromatic heterocycles. The van der Waals surface area contributed by atoms with Crippen LogP contribution < -0.4 is 5.56 Å². The van der Waals surface area contributed by atoms with Gasteiger partial charge in [-0.25, -0.2) is 4.98 Å². The lowest BCUT2D eigenvalue weighted by atomic mass is 10.2. The van der Waals surface area contributed by atoms with Gasteiger partial charge in [0.2, 0.25) is 0 Å². The number of fused-ring (bicyclic) bond motifs is 1. The minimum absolute atomic E-state index is 0.168. The van der Waals surface area contributed by atoms with Crippen molar-refractivity contribution in [2.24, 2.45) is 0 Å². The molecular weight excluding hydrogens is 448 g/mol. The SMILES string of the molecule is O=c1[nH]c(/C(Cl)=C/c2cc(Br)cs2)nc2scc(-c3cccs3)c12. The van der Waals surface area contributed by atoms with Gasteiger partial charge in [-0.1, -0.05) is 17.7 Å². The van der Waals surface area contributed by atoms with Crippen LogP contribution in [0, 0.1) is 0 Å². The minimum Gasteiger partial charge on any atom is -0.305 e. The molecule has 0 saturated heterocycles. The van der Waals surface area contributed by atoms with Gasteiger partial charge in [-0.3, -0.25) is 4.79 Å². The molecule has 0 bridgehead atoms. The third kappa shape index (κ3) is 3.02. The van der Waals surface area contributed by atoms with Gasteiger partial charge < -0.3 is 4.98 Å². The summed E-state index contributed by atoms with van der Waals surface area (Å²) in [4.78, 5) is 22.6. The van der Waals surface area contributed by atoms with E-state index in [1.165, 1.54) is 11.3 Å². The fourth-order valence-corrected chi connectivity index (χ4v) is 5.68. The second kappa shape index (κ2) is 6.57. The fraction of sp³-hybridized carbons (Fsp3) is 0. The number of hydrogen-bond donors (Lipinski definition) is 1. The van der Waals surface area contributed by atoms with Gasteiger partial charge in [0.1, 0.15) is 4.83 Å². The Morgan fingerprint density at radius 3 is 2.88 bits per heavy atom. The van der Waals surface area contributed by atoms with E-state index in [2.05, 4.69) is 25.9 Å². The first-order chi connectivity index (χ1) is 11.6. The Kier molecular flexibility index (Phi) is 4.44. The third-order valence-corrected chi connectivity index (χ3v) is 7.02. The zero-order valence-electron chi connectivity index (χ0n) is 11.9. The summed E-state index contributed by atoms with van der Waals surface area (Å²) in [5.41, 5.74) is 0.756. The number of nitrogens with zero attached hydrogens (tertiary/aromatic N) is 1. The van der Waals surface area contributed by atoms with E-state index in [0.29, 0.717) is 21.1 Å². The van der Waals surface area contributed by atoms with Gasteiger partial charge in [0, 0.05) is 30.6 Å². The van der Waals surface area contributed by atoms with Crippen LogP contribution in [-0.2, 0) is 0 Å². The highest BCUT2D eigenvalue weighted by atomic mass is 79.9. The summed E-state index contributed by atoms with van der Waals surface area (Å²) in [7, 11) is 0. The van der Waals surface area contributed by atoms with Crippen LogP contribution >= 0.6 is 61.5 Å². The Balaban J connectivity index is 1.82. The van der Waals surface area contributed by atoms with Gasteiger partial charge in [-0.05, 0) is 39.5 Å². The number of aromatic nitrogens is 2. The molecule has 0 radical (unpaired) electrons. The van der Waals surface area contributed by atoms with Gasteiger partial charge in [-0.15, -0.1) is 34.0 Å². The molecule has 0 unspecified atom stereocenters. The van der Waals surface area contributed by atoms with Crippen molar-refractivity contribution < 1.29 is 0 Å². The van der Waals surface area contributed by atoms with Crippen molar-refractivity contribution >= 4 is 82.9 Å². The van der Waals surface area contributed by atoms with Crippen LogP contribution in [0.2, 0.25) is 0 Å². The highest BCUT2D eigenvalue weighted by molar-refractivity contribution is 9.10. The van der Waals surface area contributed by atoms with E-state index in [1.807, 2.05) is 34.3 Å². The number of rotatable bonds is 3. The van der Waals surface area contributed by atoms with Crippen LogP contribution in [0.4, 0.5) is 0 Å². The van der Waals surface area contributed by atoms with Crippen molar-refractivity contribution in [3.63, 3.8) is 0 Å². The van der Waals surface area contributed by atoms with E-state index >= 15 is 0 Å². The lowest BCUT2D eigenvalue weighted by Gasteiger charge is -2.00. The zero-order valence-corrected chi connectivity index (χ0v) is 16.7. The number of halogens is 2. The maximum atomic E-state index is 12.6. The monoisotopic (exact) mass is 454 g/mol. The molecule has 3 nitrogen and oxygen atoms in total. The first kappa shape index (κ1) is 16.2. The molecule has 4 heterocycles. The molecular formula is C16H8BrClN2OS3. The summed E-state index contributed by atoms with van der Waals surface area (Å²) in [6.07, 6.45) is 1.80. The van der Waals surface area contributed by atoms with Crippen molar-refractivity contribution in [3.8, 4) is 10.4 Å². The molecule has 24 heavy (non-hydrogen) atoms. The number of H-pyrrole nitrogens is 1. The van der Waals surface area contributed by atoms with E-state index in [-0.39, 0.29) is 5.56 Å². The van der Waals surface area contributed by atoms with Crippen LogP contribution in [0.1, 0.15) is 10.7 Å². The largest absolute Gasteiger partial charge is 0.305 e. The molecule has 4 aromatic rings. The number of hydrogen-bond acceptors (Lipinski definition) is 5. The molecule has 4 rings (SSSR count). The summed E-state index contributed by atoms with van der Waals surface area (Å²) < 4.78 is 0.999. The maximum Gasteiger partial charge on any atom is 0.260 e. The van der Waals surface area contributed by atoms with E-state index in [9.17, 15) is 4.79 Å². The topological polar surface area (TPSA) is 45.8 Å². The highest BCUT2D eigenvalue weighted by Crippen LogP contribution is 2.34. The quantitative estimate of drug-likeness (QED) is 0.395. The van der Waals surface area contributed by atoms with Gasteiger partial charge in [0.15, 0.2) is 5.82 Å². The average Bonchev–Trinajstić information content (AvgIpc) is 3.27. The Morgan fingerprint density at radius 1 is 1.29 bits per heavy atom. The van der Waals surface area contributed by atoms with Gasteiger partial charge >= 0.3 is 0 Å². The van der Waals surface area contributed by atoms with E-state index < -0.39 is 0 Å². The molecule has 0 atom stereocenters. The predicted octanol–water partition coefficient (Wildman–Crippen LogP) is 6.27. The standard InChI is InChI=1S/C16H8BrClN2OS3/c17-8-4-9(23-6-8)5-11(18)14-19-15(21)13-10(7-24-16(13)20-14)12-2-1-3-22-12/h1-7H,(H,19,20,21)/b11-5-. The van der Waals surface area contributed by atoms with Crippen molar-refractivity contribution in [2.75, 3.05) is 0 Å². The highest BCUT2D eigenvalue weighted by Gasteiger charge is 2.14. The van der Waals surface area contributed by atoms with Crippen LogP contribution in [0.5, 0.6) is 0 Å². The van der Waals surface area contributed by atoms with Gasteiger partial charge in [0.25, 0.3) is 5.56 Å². The van der Waals surface area contributed by atoms with E-state index in [4.69, 9.17) is 11.6 Å². The predicted molar refractivity (Wildman–Crippen MR) is 109 cm³/mol. The molecule has 0 fully saturated rings. The van der Waals surface area contributed by atoms with Crippen LogP contribution in [-0.4, -0.2) is 9.97 Å². The molecule has 0 aromatic carbocycles. The number of nitrogens with one attached hydrogen (secondary N) is 1. The molecule has 0 aliphatic carbocycles. The van der Waals surface area contributed by atoms with Crippen molar-refractivity contribution in [2.45, 2.75) is 0 Å². The average molecular weight is 456 g/mol. The van der Waals surface area contributed by atoms with E-state index in [0.717, 1.165) is 19.8 Å². The summed E-state index contributed by atoms with van der Waals surface area (Å²) in [5, 5.41) is 6.97. The van der Waals surface area contributed by atoms with Crippen molar-refractivity contribution in [1.82, 2.24) is 9.97 Å². The summed E-state index contributed by atoms with van der Waals surface area (Å²) >= 11 is 14.4. The summed E-state index contributed by atoms with van der Waals surface area (Å²) in [5.74, 6) is 0.387. The molecule has 0 spiro atoms. The second-order valence-electron chi connectivity index (χ2n) is 4.88. The lowest BCUT2D eigenvalue weighted by Crippen LogP contribution is -2.09. The molecule has 0 aliphatic heterocycles. The summed E-state index contributed by atoms with van der Waals surface area (Å²) in [6.45, 7) is 0. The second-order valence-corrected chi connectivity index (χ2v) is 8.95. The lowest BCUT2D eigenvalue weighted by molar-refractivity contribution is 1.14. The summed E-state index contributed by atoms with van der Waals surface area (Å²) in [6, 6.07) is 5.93. The maximum absolute atomic E-state index is 12.6. The smallest absolute Gasteiger partial charge is 0.260 e. The van der Waals surface area contributed by atoms with Gasteiger partial charge in [-0.2, -0.15) is 0 Å². The van der Waals surface area contributed by atoms with Crippen LogP contribution in [0.3, 0.4) is 0 Å². The molecule has 0 saturated carbocycles. The van der Waals surface area contributed by atoms with Crippen molar-refractivity contribution in [3.05, 3.63) is 59.9 Å². The van der Waals surface area contributed by atoms with Crippen LogP contribution in [0.25, 0.3) is 31.8 Å².